The summed E-state index contributed by atoms with van der Waals surface area (Å²) in [5, 5.41) is 2.89. The van der Waals surface area contributed by atoms with Gasteiger partial charge in [-0.3, -0.25) is 9.59 Å². The van der Waals surface area contributed by atoms with Crippen LogP contribution < -0.4 is 10.7 Å². The van der Waals surface area contributed by atoms with Gasteiger partial charge in [0, 0.05) is 23.1 Å². The van der Waals surface area contributed by atoms with E-state index in [1.54, 1.807) is 0 Å². The van der Waals surface area contributed by atoms with Crippen molar-refractivity contribution in [2.75, 3.05) is 0 Å². The summed E-state index contributed by atoms with van der Waals surface area (Å²) >= 11 is 0. The van der Waals surface area contributed by atoms with Crippen LogP contribution in [0.5, 0.6) is 0 Å². The van der Waals surface area contributed by atoms with Crippen molar-refractivity contribution in [1.29, 1.82) is 0 Å². The standard InChI is InChI=1S/C20H15F3N2O2/c21-20(22,23)13-5-6-15-17(9-13)24-10-16(18(15)26)19(27)25-14-7-11-3-1-2-4-12(11)8-14/h1-6,9-10,14H,7-8H2,(H,24,26)(H,25,27). The first-order valence-corrected chi connectivity index (χ1v) is 8.43. The van der Waals surface area contributed by atoms with Crippen molar-refractivity contribution in [2.45, 2.75) is 25.1 Å². The third-order valence-corrected chi connectivity index (χ3v) is 4.84. The number of H-pyrrole nitrogens is 1. The van der Waals surface area contributed by atoms with Crippen LogP contribution in [0.2, 0.25) is 0 Å². The number of amides is 1. The molecule has 3 aromatic rings. The molecule has 1 aromatic heterocycles. The lowest BCUT2D eigenvalue weighted by Gasteiger charge is -2.12. The highest BCUT2D eigenvalue weighted by Gasteiger charge is 2.31. The molecule has 0 saturated carbocycles. The molecule has 0 spiro atoms. The second kappa shape index (κ2) is 6.26. The van der Waals surface area contributed by atoms with Crippen molar-refractivity contribution in [2.24, 2.45) is 0 Å². The maximum atomic E-state index is 12.8. The first-order chi connectivity index (χ1) is 12.8. The van der Waals surface area contributed by atoms with Gasteiger partial charge in [0.05, 0.1) is 5.56 Å². The molecule has 27 heavy (non-hydrogen) atoms. The number of hydrogen-bond acceptors (Lipinski definition) is 2. The van der Waals surface area contributed by atoms with Crippen molar-refractivity contribution in [1.82, 2.24) is 10.3 Å². The summed E-state index contributed by atoms with van der Waals surface area (Å²) in [7, 11) is 0. The molecule has 1 aliphatic carbocycles. The van der Waals surface area contributed by atoms with Crippen LogP contribution in [-0.2, 0) is 19.0 Å². The van der Waals surface area contributed by atoms with Crippen molar-refractivity contribution in [3.05, 3.63) is 81.1 Å². The molecule has 0 fully saturated rings. The second-order valence-electron chi connectivity index (χ2n) is 6.64. The summed E-state index contributed by atoms with van der Waals surface area (Å²) in [5.41, 5.74) is 0.805. The normalized spacial score (nSPS) is 14.3. The molecular formula is C20H15F3N2O2. The van der Waals surface area contributed by atoms with Gasteiger partial charge in [0.2, 0.25) is 5.43 Å². The molecule has 2 N–H and O–H groups in total. The van der Waals surface area contributed by atoms with Gasteiger partial charge in [-0.05, 0) is 42.2 Å². The average molecular weight is 372 g/mol. The Labute approximate surface area is 152 Å². The summed E-state index contributed by atoms with van der Waals surface area (Å²) in [6.07, 6.45) is -1.97. The Hall–Kier alpha value is -3.09. The number of fused-ring (bicyclic) bond motifs is 2. The number of rotatable bonds is 2. The van der Waals surface area contributed by atoms with E-state index in [1.165, 1.54) is 6.20 Å². The largest absolute Gasteiger partial charge is 0.416 e. The minimum Gasteiger partial charge on any atom is -0.360 e. The Bertz CT molecular complexity index is 1080. The lowest BCUT2D eigenvalue weighted by atomic mass is 10.1. The van der Waals surface area contributed by atoms with E-state index in [1.807, 2.05) is 24.3 Å². The first-order valence-electron chi connectivity index (χ1n) is 8.43. The predicted molar refractivity (Wildman–Crippen MR) is 94.7 cm³/mol. The molecule has 0 atom stereocenters. The zero-order valence-electron chi connectivity index (χ0n) is 14.1. The van der Waals surface area contributed by atoms with Crippen LogP contribution in [0.4, 0.5) is 13.2 Å². The van der Waals surface area contributed by atoms with Crippen molar-refractivity contribution in [3.8, 4) is 0 Å². The van der Waals surface area contributed by atoms with E-state index in [0.29, 0.717) is 12.8 Å². The number of nitrogens with one attached hydrogen (secondary N) is 2. The first kappa shape index (κ1) is 17.3. The number of carbonyl (C=O) groups excluding carboxylic acids is 1. The number of aromatic amines is 1. The summed E-state index contributed by atoms with van der Waals surface area (Å²) in [4.78, 5) is 27.7. The second-order valence-corrected chi connectivity index (χ2v) is 6.64. The highest BCUT2D eigenvalue weighted by Crippen LogP contribution is 2.30. The third kappa shape index (κ3) is 3.20. The number of benzene rings is 2. The van der Waals surface area contributed by atoms with Gasteiger partial charge in [-0.2, -0.15) is 13.2 Å². The number of hydrogen-bond donors (Lipinski definition) is 2. The van der Waals surface area contributed by atoms with E-state index in [-0.39, 0.29) is 22.5 Å². The summed E-state index contributed by atoms with van der Waals surface area (Å²) in [6, 6.07) is 10.6. The van der Waals surface area contributed by atoms with Gasteiger partial charge in [0.25, 0.3) is 5.91 Å². The van der Waals surface area contributed by atoms with Gasteiger partial charge in [-0.25, -0.2) is 0 Å². The Morgan fingerprint density at radius 2 is 1.74 bits per heavy atom. The molecule has 0 aliphatic heterocycles. The van der Waals surface area contributed by atoms with Gasteiger partial charge in [0.1, 0.15) is 5.56 Å². The number of carbonyl (C=O) groups is 1. The average Bonchev–Trinajstić information content (AvgIpc) is 3.03. The molecule has 0 bridgehead atoms. The molecule has 138 valence electrons. The fourth-order valence-corrected chi connectivity index (χ4v) is 3.49. The maximum absolute atomic E-state index is 12.8. The molecular weight excluding hydrogens is 357 g/mol. The predicted octanol–water partition coefficient (Wildman–Crippen LogP) is 3.44. The molecule has 1 amide bonds. The summed E-state index contributed by atoms with van der Waals surface area (Å²) in [6.45, 7) is 0. The smallest absolute Gasteiger partial charge is 0.360 e. The van der Waals surface area contributed by atoms with Crippen LogP contribution in [-0.4, -0.2) is 16.9 Å². The van der Waals surface area contributed by atoms with Crippen LogP contribution >= 0.6 is 0 Å². The van der Waals surface area contributed by atoms with E-state index in [4.69, 9.17) is 0 Å². The van der Waals surface area contributed by atoms with Crippen LogP contribution in [0, 0.1) is 0 Å². The van der Waals surface area contributed by atoms with E-state index < -0.39 is 23.1 Å². The van der Waals surface area contributed by atoms with Gasteiger partial charge in [-0.1, -0.05) is 24.3 Å². The van der Waals surface area contributed by atoms with E-state index in [0.717, 1.165) is 29.3 Å². The van der Waals surface area contributed by atoms with E-state index in [2.05, 4.69) is 10.3 Å². The fraction of sp³-hybridized carbons (Fsp3) is 0.200. The Balaban J connectivity index is 1.60. The molecule has 2 aromatic carbocycles. The number of alkyl halides is 3. The molecule has 1 heterocycles. The zero-order chi connectivity index (χ0) is 19.2. The quantitative estimate of drug-likeness (QED) is 0.724. The molecule has 1 aliphatic rings. The summed E-state index contributed by atoms with van der Waals surface area (Å²) < 4.78 is 38.4. The topological polar surface area (TPSA) is 62.0 Å². The lowest BCUT2D eigenvalue weighted by molar-refractivity contribution is -0.137. The number of pyridine rings is 1. The van der Waals surface area contributed by atoms with Crippen molar-refractivity contribution >= 4 is 16.8 Å². The summed E-state index contributed by atoms with van der Waals surface area (Å²) in [5.74, 6) is -0.532. The molecule has 4 nitrogen and oxygen atoms in total. The minimum atomic E-state index is -4.50. The van der Waals surface area contributed by atoms with Gasteiger partial charge in [-0.15, -0.1) is 0 Å². The zero-order valence-corrected chi connectivity index (χ0v) is 14.1. The van der Waals surface area contributed by atoms with Crippen LogP contribution in [0.15, 0.2) is 53.5 Å². The molecule has 0 saturated heterocycles. The molecule has 4 rings (SSSR count). The minimum absolute atomic E-state index is 0.0413. The number of aromatic nitrogens is 1. The fourth-order valence-electron chi connectivity index (χ4n) is 3.49. The highest BCUT2D eigenvalue weighted by atomic mass is 19.4. The Morgan fingerprint density at radius 1 is 1.07 bits per heavy atom. The van der Waals surface area contributed by atoms with E-state index >= 15 is 0 Å². The Kier molecular flexibility index (Phi) is 4.02. The highest BCUT2D eigenvalue weighted by molar-refractivity contribution is 5.97. The lowest BCUT2D eigenvalue weighted by Crippen LogP contribution is -2.37. The number of halogens is 3. The van der Waals surface area contributed by atoms with Gasteiger partial charge >= 0.3 is 6.18 Å². The monoisotopic (exact) mass is 372 g/mol. The maximum Gasteiger partial charge on any atom is 0.416 e. The van der Waals surface area contributed by atoms with E-state index in [9.17, 15) is 22.8 Å². The molecule has 0 radical (unpaired) electrons. The van der Waals surface area contributed by atoms with Crippen LogP contribution in [0.1, 0.15) is 27.0 Å². The Morgan fingerprint density at radius 3 is 2.37 bits per heavy atom. The SMILES string of the molecule is O=C(NC1Cc2ccccc2C1)c1c[nH]c2cc(C(F)(F)F)ccc2c1=O. The molecule has 7 heteroatoms. The van der Waals surface area contributed by atoms with Crippen molar-refractivity contribution < 1.29 is 18.0 Å². The van der Waals surface area contributed by atoms with Gasteiger partial charge < -0.3 is 10.3 Å². The van der Waals surface area contributed by atoms with Gasteiger partial charge in [0.15, 0.2) is 0 Å². The molecule has 0 unspecified atom stereocenters. The van der Waals surface area contributed by atoms with Crippen LogP contribution in [0.3, 0.4) is 0 Å². The van der Waals surface area contributed by atoms with Crippen LogP contribution in [0.25, 0.3) is 10.9 Å². The third-order valence-electron chi connectivity index (χ3n) is 4.84. The van der Waals surface area contributed by atoms with Crippen molar-refractivity contribution in [3.63, 3.8) is 0 Å².